The highest BCUT2D eigenvalue weighted by Gasteiger charge is 2.32. The molecule has 31 heavy (non-hydrogen) atoms. The van der Waals surface area contributed by atoms with Crippen LogP contribution in [-0.4, -0.2) is 45.4 Å². The molecule has 1 amide bonds. The first-order valence-electron chi connectivity index (χ1n) is 8.97. The Bertz CT molecular complexity index is 1070. The number of ether oxygens (including phenoxy) is 3. The van der Waals surface area contributed by atoms with E-state index >= 15 is 0 Å². The molecule has 0 bridgehead atoms. The van der Waals surface area contributed by atoms with Crippen molar-refractivity contribution in [3.05, 3.63) is 69.3 Å². The van der Waals surface area contributed by atoms with Gasteiger partial charge in [0.15, 0.2) is 0 Å². The zero-order valence-electron chi connectivity index (χ0n) is 16.6. The second kappa shape index (κ2) is 9.82. The van der Waals surface area contributed by atoms with E-state index in [1.54, 1.807) is 30.3 Å². The number of hydrogen-bond donors (Lipinski definition) is 1. The van der Waals surface area contributed by atoms with E-state index < -0.39 is 17.8 Å². The number of carbonyl (C=O) groups is 3. The van der Waals surface area contributed by atoms with Gasteiger partial charge in [-0.2, -0.15) is 0 Å². The molecule has 0 saturated carbocycles. The molecule has 1 aliphatic heterocycles. The second-order valence-electron chi connectivity index (χ2n) is 6.34. The summed E-state index contributed by atoms with van der Waals surface area (Å²) in [6, 6.07) is 11.2. The molecule has 0 unspecified atom stereocenters. The molecule has 10 heteroatoms. The van der Waals surface area contributed by atoms with Crippen molar-refractivity contribution in [2.24, 2.45) is 0 Å². The van der Waals surface area contributed by atoms with E-state index in [0.717, 1.165) is 0 Å². The fourth-order valence-electron chi connectivity index (χ4n) is 2.97. The molecule has 0 spiro atoms. The SMILES string of the molecule is COC(=O)C1=C(C(=O)OC)N(c2cccc(NC(=O)c3ccc(Cl)cc3Cl)c2)COC1. The normalized spacial score (nSPS) is 13.6. The van der Waals surface area contributed by atoms with Crippen molar-refractivity contribution in [3.63, 3.8) is 0 Å². The van der Waals surface area contributed by atoms with E-state index in [2.05, 4.69) is 5.32 Å². The summed E-state index contributed by atoms with van der Waals surface area (Å²) in [4.78, 5) is 38.6. The molecule has 2 aromatic carbocycles. The van der Waals surface area contributed by atoms with Crippen molar-refractivity contribution >= 4 is 52.4 Å². The molecule has 0 aliphatic carbocycles. The van der Waals surface area contributed by atoms with E-state index in [0.29, 0.717) is 16.4 Å². The molecule has 1 heterocycles. The van der Waals surface area contributed by atoms with Crippen LogP contribution in [0.3, 0.4) is 0 Å². The van der Waals surface area contributed by atoms with Crippen molar-refractivity contribution in [2.75, 3.05) is 37.8 Å². The number of methoxy groups -OCH3 is 2. The van der Waals surface area contributed by atoms with Gasteiger partial charge < -0.3 is 24.4 Å². The Morgan fingerprint density at radius 1 is 1.03 bits per heavy atom. The van der Waals surface area contributed by atoms with Crippen LogP contribution < -0.4 is 10.2 Å². The monoisotopic (exact) mass is 464 g/mol. The van der Waals surface area contributed by atoms with E-state index in [4.69, 9.17) is 37.4 Å². The fraction of sp³-hybridized carbons (Fsp3) is 0.190. The molecular weight excluding hydrogens is 447 g/mol. The Morgan fingerprint density at radius 2 is 1.77 bits per heavy atom. The fourth-order valence-corrected chi connectivity index (χ4v) is 3.47. The van der Waals surface area contributed by atoms with Gasteiger partial charge in [-0.3, -0.25) is 4.79 Å². The van der Waals surface area contributed by atoms with Gasteiger partial charge in [0, 0.05) is 16.4 Å². The van der Waals surface area contributed by atoms with E-state index in [1.165, 1.54) is 31.3 Å². The minimum atomic E-state index is -0.717. The molecule has 0 aromatic heterocycles. The lowest BCUT2D eigenvalue weighted by atomic mass is 10.1. The standard InChI is InChI=1S/C21H18Cl2N2O6/c1-29-20(27)16-10-31-11-25(18(16)21(28)30-2)14-5-3-4-13(9-14)24-19(26)15-7-6-12(22)8-17(15)23/h3-9H,10-11H2,1-2H3,(H,24,26). The Morgan fingerprint density at radius 3 is 2.45 bits per heavy atom. The lowest BCUT2D eigenvalue weighted by Gasteiger charge is -2.31. The smallest absolute Gasteiger partial charge is 0.355 e. The molecule has 8 nitrogen and oxygen atoms in total. The van der Waals surface area contributed by atoms with Gasteiger partial charge in [0.2, 0.25) is 0 Å². The summed E-state index contributed by atoms with van der Waals surface area (Å²) >= 11 is 12.0. The number of halogens is 2. The van der Waals surface area contributed by atoms with Gasteiger partial charge in [-0.1, -0.05) is 29.3 Å². The third-order valence-electron chi connectivity index (χ3n) is 4.42. The zero-order valence-corrected chi connectivity index (χ0v) is 18.1. The predicted molar refractivity (Wildman–Crippen MR) is 115 cm³/mol. The van der Waals surface area contributed by atoms with Crippen LogP contribution in [0.5, 0.6) is 0 Å². The lowest BCUT2D eigenvalue weighted by Crippen LogP contribution is -2.38. The third-order valence-corrected chi connectivity index (χ3v) is 4.97. The van der Waals surface area contributed by atoms with Gasteiger partial charge in [0.1, 0.15) is 12.4 Å². The summed E-state index contributed by atoms with van der Waals surface area (Å²) in [7, 11) is 2.42. The van der Waals surface area contributed by atoms with Gasteiger partial charge in [-0.05, 0) is 36.4 Å². The Balaban J connectivity index is 1.93. The number of esters is 2. The highest BCUT2D eigenvalue weighted by Crippen LogP contribution is 2.29. The van der Waals surface area contributed by atoms with Crippen molar-refractivity contribution < 1.29 is 28.6 Å². The van der Waals surface area contributed by atoms with Crippen LogP contribution in [0.4, 0.5) is 11.4 Å². The van der Waals surface area contributed by atoms with E-state index in [-0.39, 0.29) is 35.2 Å². The number of hydrogen-bond acceptors (Lipinski definition) is 7. The van der Waals surface area contributed by atoms with Crippen LogP contribution in [0.2, 0.25) is 10.0 Å². The van der Waals surface area contributed by atoms with Crippen molar-refractivity contribution in [2.45, 2.75) is 0 Å². The topological polar surface area (TPSA) is 94.2 Å². The average molecular weight is 465 g/mol. The molecule has 0 atom stereocenters. The maximum atomic E-state index is 12.6. The number of anilines is 2. The Labute approximate surface area is 188 Å². The van der Waals surface area contributed by atoms with Gasteiger partial charge in [0.05, 0.1) is 37.0 Å². The maximum absolute atomic E-state index is 12.6. The summed E-state index contributed by atoms with van der Waals surface area (Å²) in [5.74, 6) is -1.86. The van der Waals surface area contributed by atoms with Gasteiger partial charge in [0.25, 0.3) is 5.91 Å². The summed E-state index contributed by atoms with van der Waals surface area (Å²) in [5.41, 5.74) is 1.21. The predicted octanol–water partition coefficient (Wildman–Crippen LogP) is 3.64. The first-order chi connectivity index (χ1) is 14.8. The first-order valence-corrected chi connectivity index (χ1v) is 9.72. The van der Waals surface area contributed by atoms with Crippen molar-refractivity contribution in [3.8, 4) is 0 Å². The van der Waals surface area contributed by atoms with Crippen LogP contribution in [0.15, 0.2) is 53.7 Å². The number of amides is 1. The molecular formula is C21H18Cl2N2O6. The largest absolute Gasteiger partial charge is 0.466 e. The van der Waals surface area contributed by atoms with Crippen molar-refractivity contribution in [1.29, 1.82) is 0 Å². The lowest BCUT2D eigenvalue weighted by molar-refractivity contribution is -0.140. The molecule has 0 radical (unpaired) electrons. The minimum Gasteiger partial charge on any atom is -0.466 e. The molecule has 0 saturated heterocycles. The minimum absolute atomic E-state index is 0.00447. The number of carbonyl (C=O) groups excluding carboxylic acids is 3. The average Bonchev–Trinajstić information content (AvgIpc) is 2.77. The molecule has 3 rings (SSSR count). The number of rotatable bonds is 5. The molecule has 162 valence electrons. The van der Waals surface area contributed by atoms with Crippen LogP contribution in [0, 0.1) is 0 Å². The molecule has 1 N–H and O–H groups in total. The van der Waals surface area contributed by atoms with Crippen LogP contribution in [-0.2, 0) is 23.8 Å². The summed E-state index contributed by atoms with van der Waals surface area (Å²) in [6.45, 7) is -0.107. The highest BCUT2D eigenvalue weighted by molar-refractivity contribution is 6.37. The number of nitrogens with one attached hydrogen (secondary N) is 1. The van der Waals surface area contributed by atoms with Crippen LogP contribution >= 0.6 is 23.2 Å². The van der Waals surface area contributed by atoms with Crippen molar-refractivity contribution in [1.82, 2.24) is 0 Å². The highest BCUT2D eigenvalue weighted by atomic mass is 35.5. The summed E-state index contributed by atoms with van der Waals surface area (Å²) in [6.07, 6.45) is 0. The van der Waals surface area contributed by atoms with Gasteiger partial charge in [-0.25, -0.2) is 9.59 Å². The number of benzene rings is 2. The second-order valence-corrected chi connectivity index (χ2v) is 7.19. The first kappa shape index (κ1) is 22.6. The van der Waals surface area contributed by atoms with E-state index in [1.807, 2.05) is 0 Å². The summed E-state index contributed by atoms with van der Waals surface area (Å²) < 4.78 is 15.1. The van der Waals surface area contributed by atoms with Gasteiger partial charge >= 0.3 is 11.9 Å². The maximum Gasteiger partial charge on any atom is 0.355 e. The quantitative estimate of drug-likeness (QED) is 0.674. The summed E-state index contributed by atoms with van der Waals surface area (Å²) in [5, 5.41) is 3.37. The third kappa shape index (κ3) is 4.99. The van der Waals surface area contributed by atoms with E-state index in [9.17, 15) is 14.4 Å². The molecule has 2 aromatic rings. The molecule has 0 fully saturated rings. The van der Waals surface area contributed by atoms with Crippen LogP contribution in [0.1, 0.15) is 10.4 Å². The molecule has 1 aliphatic rings. The Hall–Kier alpha value is -3.07. The number of nitrogens with zero attached hydrogens (tertiary/aromatic N) is 1. The van der Waals surface area contributed by atoms with Gasteiger partial charge in [-0.15, -0.1) is 0 Å². The zero-order chi connectivity index (χ0) is 22.5. The Kier molecular flexibility index (Phi) is 7.17. The van der Waals surface area contributed by atoms with Crippen LogP contribution in [0.25, 0.3) is 0 Å².